The van der Waals surface area contributed by atoms with Crippen LogP contribution in [0.2, 0.25) is 0 Å². The minimum Gasteiger partial charge on any atom is -0.368 e. The van der Waals surface area contributed by atoms with E-state index in [1.807, 2.05) is 6.92 Å². The predicted molar refractivity (Wildman–Crippen MR) is 57.5 cm³/mol. The zero-order valence-electron chi connectivity index (χ0n) is 7.98. The molecule has 0 aliphatic carbocycles. The van der Waals surface area contributed by atoms with Crippen molar-refractivity contribution in [2.75, 3.05) is 0 Å². The SMILES string of the molecule is CC(C(O)OC(S)S)C(C)(C)C. The molecule has 1 N–H and O–H groups in total. The number of ether oxygens (including phenoxy) is 1. The molecular formula is C8H18O2S2. The van der Waals surface area contributed by atoms with E-state index in [4.69, 9.17) is 4.74 Å². The second-order valence-electron chi connectivity index (χ2n) is 4.01. The lowest BCUT2D eigenvalue weighted by Crippen LogP contribution is -2.32. The summed E-state index contributed by atoms with van der Waals surface area (Å²) in [6.45, 7) is 8.09. The standard InChI is InChI=1S/C8H18O2S2/c1-5(8(2,3)4)6(9)10-7(11)12/h5-7,9,11-12H,1-4H3. The van der Waals surface area contributed by atoms with Crippen LogP contribution in [-0.4, -0.2) is 16.2 Å². The first kappa shape index (κ1) is 12.6. The first-order valence-corrected chi connectivity index (χ1v) is 4.98. The van der Waals surface area contributed by atoms with Gasteiger partial charge in [-0.1, -0.05) is 27.7 Å². The number of rotatable bonds is 3. The van der Waals surface area contributed by atoms with Gasteiger partial charge in [0, 0.05) is 5.92 Å². The lowest BCUT2D eigenvalue weighted by Gasteiger charge is -2.31. The molecule has 2 unspecified atom stereocenters. The van der Waals surface area contributed by atoms with Crippen LogP contribution in [0.25, 0.3) is 0 Å². The van der Waals surface area contributed by atoms with E-state index < -0.39 is 11.1 Å². The molecule has 0 saturated heterocycles. The first-order chi connectivity index (χ1) is 5.25. The van der Waals surface area contributed by atoms with E-state index in [0.717, 1.165) is 0 Å². The van der Waals surface area contributed by atoms with E-state index in [9.17, 15) is 5.11 Å². The van der Waals surface area contributed by atoms with E-state index in [2.05, 4.69) is 46.0 Å². The Bertz CT molecular complexity index is 132. The Hall–Kier alpha value is 0.620. The maximum Gasteiger partial charge on any atom is 0.160 e. The number of thiol groups is 2. The van der Waals surface area contributed by atoms with Gasteiger partial charge < -0.3 is 9.84 Å². The highest BCUT2D eigenvalue weighted by Gasteiger charge is 2.28. The minimum absolute atomic E-state index is 0.0237. The topological polar surface area (TPSA) is 29.5 Å². The molecule has 0 aliphatic heterocycles. The summed E-state index contributed by atoms with van der Waals surface area (Å²) in [5.74, 6) is 0.0549. The average Bonchev–Trinajstić information content (AvgIpc) is 1.82. The Morgan fingerprint density at radius 1 is 1.25 bits per heavy atom. The van der Waals surface area contributed by atoms with E-state index >= 15 is 0 Å². The molecule has 0 heterocycles. The molecule has 74 valence electrons. The Morgan fingerprint density at radius 3 is 1.92 bits per heavy atom. The molecule has 4 heteroatoms. The van der Waals surface area contributed by atoms with Gasteiger partial charge in [0.2, 0.25) is 0 Å². The highest BCUT2D eigenvalue weighted by Crippen LogP contribution is 2.29. The molecule has 0 rings (SSSR count). The fraction of sp³-hybridized carbons (Fsp3) is 1.00. The molecule has 0 amide bonds. The van der Waals surface area contributed by atoms with Crippen molar-refractivity contribution in [2.45, 2.75) is 38.8 Å². The van der Waals surface area contributed by atoms with Crippen molar-refractivity contribution in [3.8, 4) is 0 Å². The Kier molecular flexibility index (Phi) is 4.99. The summed E-state index contributed by atoms with van der Waals surface area (Å²) in [6, 6.07) is 0. The third kappa shape index (κ3) is 4.60. The lowest BCUT2D eigenvalue weighted by molar-refractivity contribution is -0.143. The lowest BCUT2D eigenvalue weighted by atomic mass is 9.82. The summed E-state index contributed by atoms with van der Waals surface area (Å²) < 4.78 is 4.50. The van der Waals surface area contributed by atoms with Crippen LogP contribution in [-0.2, 0) is 4.74 Å². The monoisotopic (exact) mass is 210 g/mol. The molecule has 0 bridgehead atoms. The van der Waals surface area contributed by atoms with Gasteiger partial charge >= 0.3 is 0 Å². The third-order valence-electron chi connectivity index (χ3n) is 2.05. The van der Waals surface area contributed by atoms with Crippen LogP contribution in [0.15, 0.2) is 0 Å². The highest BCUT2D eigenvalue weighted by atomic mass is 32.2. The fourth-order valence-electron chi connectivity index (χ4n) is 0.670. The quantitative estimate of drug-likeness (QED) is 0.492. The molecule has 0 saturated carbocycles. The van der Waals surface area contributed by atoms with Crippen molar-refractivity contribution in [3.63, 3.8) is 0 Å². The summed E-state index contributed by atoms with van der Waals surface area (Å²) in [7, 11) is 0. The van der Waals surface area contributed by atoms with E-state index in [-0.39, 0.29) is 11.3 Å². The van der Waals surface area contributed by atoms with Crippen LogP contribution in [0.4, 0.5) is 0 Å². The summed E-state index contributed by atoms with van der Waals surface area (Å²) in [4.78, 5) is 0. The second-order valence-corrected chi connectivity index (χ2v) is 5.35. The highest BCUT2D eigenvalue weighted by molar-refractivity contribution is 7.98. The first-order valence-electron chi connectivity index (χ1n) is 3.95. The summed E-state index contributed by atoms with van der Waals surface area (Å²) in [5, 5.41) is 9.50. The van der Waals surface area contributed by atoms with E-state index in [1.165, 1.54) is 0 Å². The molecule has 0 spiro atoms. The van der Waals surface area contributed by atoms with Crippen LogP contribution in [0.5, 0.6) is 0 Å². The summed E-state index contributed by atoms with van der Waals surface area (Å²) in [6.07, 6.45) is -0.801. The van der Waals surface area contributed by atoms with Crippen LogP contribution in [0, 0.1) is 11.3 Å². The maximum absolute atomic E-state index is 9.50. The molecule has 12 heavy (non-hydrogen) atoms. The molecule has 0 aromatic carbocycles. The van der Waals surface area contributed by atoms with Gasteiger partial charge in [0.05, 0.1) is 0 Å². The van der Waals surface area contributed by atoms with Crippen molar-refractivity contribution >= 4 is 25.3 Å². The fourth-order valence-corrected chi connectivity index (χ4v) is 0.920. The molecule has 0 aromatic rings. The van der Waals surface area contributed by atoms with Crippen molar-refractivity contribution in [1.82, 2.24) is 0 Å². The van der Waals surface area contributed by atoms with Gasteiger partial charge in [-0.25, -0.2) is 0 Å². The van der Waals surface area contributed by atoms with Gasteiger partial charge in [-0.15, -0.1) is 25.3 Å². The van der Waals surface area contributed by atoms with Crippen molar-refractivity contribution in [2.24, 2.45) is 11.3 Å². The van der Waals surface area contributed by atoms with Crippen LogP contribution in [0.1, 0.15) is 27.7 Å². The second kappa shape index (κ2) is 4.74. The number of hydrogen-bond acceptors (Lipinski definition) is 4. The normalized spacial score (nSPS) is 18.0. The van der Waals surface area contributed by atoms with Gasteiger partial charge in [-0.2, -0.15) is 0 Å². The number of aliphatic hydroxyl groups is 1. The van der Waals surface area contributed by atoms with Gasteiger partial charge in [0.1, 0.15) is 4.77 Å². The van der Waals surface area contributed by atoms with Crippen molar-refractivity contribution < 1.29 is 9.84 Å². The Balaban J connectivity index is 4.01. The van der Waals surface area contributed by atoms with Crippen LogP contribution in [0.3, 0.4) is 0 Å². The van der Waals surface area contributed by atoms with E-state index in [1.54, 1.807) is 0 Å². The molecular weight excluding hydrogens is 192 g/mol. The van der Waals surface area contributed by atoms with E-state index in [0.29, 0.717) is 0 Å². The zero-order chi connectivity index (χ0) is 9.94. The average molecular weight is 210 g/mol. The van der Waals surface area contributed by atoms with Crippen LogP contribution >= 0.6 is 25.3 Å². The molecule has 2 nitrogen and oxygen atoms in total. The third-order valence-corrected chi connectivity index (χ3v) is 2.30. The minimum atomic E-state index is -0.801. The molecule has 2 atom stereocenters. The van der Waals surface area contributed by atoms with Crippen molar-refractivity contribution in [3.05, 3.63) is 0 Å². The summed E-state index contributed by atoms with van der Waals surface area (Å²) in [5.41, 5.74) is 0.0237. The van der Waals surface area contributed by atoms with Gasteiger partial charge in [0.15, 0.2) is 6.29 Å². The molecule has 0 aliphatic rings. The predicted octanol–water partition coefficient (Wildman–Crippen LogP) is 2.15. The smallest absolute Gasteiger partial charge is 0.160 e. The van der Waals surface area contributed by atoms with Crippen LogP contribution < -0.4 is 0 Å². The molecule has 0 radical (unpaired) electrons. The maximum atomic E-state index is 9.50. The number of hydrogen-bond donors (Lipinski definition) is 3. The number of aliphatic hydroxyl groups excluding tert-OH is 1. The van der Waals surface area contributed by atoms with Gasteiger partial charge in [-0.05, 0) is 5.41 Å². The largest absolute Gasteiger partial charge is 0.368 e. The van der Waals surface area contributed by atoms with Gasteiger partial charge in [0.25, 0.3) is 0 Å². The Morgan fingerprint density at radius 2 is 1.67 bits per heavy atom. The molecule has 0 aromatic heterocycles. The summed E-state index contributed by atoms with van der Waals surface area (Å²) >= 11 is 7.82. The van der Waals surface area contributed by atoms with Crippen molar-refractivity contribution in [1.29, 1.82) is 0 Å². The zero-order valence-corrected chi connectivity index (χ0v) is 9.77. The van der Waals surface area contributed by atoms with Gasteiger partial charge in [-0.3, -0.25) is 0 Å². The Labute approximate surface area is 85.5 Å². The molecule has 0 fully saturated rings.